The van der Waals surface area contributed by atoms with Crippen LogP contribution >= 0.6 is 11.6 Å². The number of halogens is 1. The number of piperazine rings is 1. The van der Waals surface area contributed by atoms with Gasteiger partial charge in [0.05, 0.1) is 0 Å². The molecule has 1 heterocycles. The van der Waals surface area contributed by atoms with Gasteiger partial charge < -0.3 is 9.80 Å². The molecule has 1 saturated heterocycles. The Morgan fingerprint density at radius 3 is 2.26 bits per heavy atom. The number of carbonyl (C=O) groups excluding carboxylic acids is 2. The van der Waals surface area contributed by atoms with Crippen LogP contribution in [-0.2, 0) is 16.0 Å². The Morgan fingerprint density at radius 2 is 1.70 bits per heavy atom. The number of carbonyl (C=O) groups is 2. The summed E-state index contributed by atoms with van der Waals surface area (Å²) in [5, 5.41) is 0.701. The minimum atomic E-state index is 0.154. The van der Waals surface area contributed by atoms with Crippen molar-refractivity contribution in [1.82, 2.24) is 9.80 Å². The van der Waals surface area contributed by atoms with Gasteiger partial charge in [0.25, 0.3) is 0 Å². The standard InChI is InChI=1S/C18H25ClN2O2/c1-14(2)12-18(23)21-10-8-20(9-11-21)17(22)7-6-15-4-3-5-16(19)13-15/h3-5,13-14H,6-12H2,1-2H3. The lowest BCUT2D eigenvalue weighted by Gasteiger charge is -2.35. The molecule has 0 N–H and O–H groups in total. The van der Waals surface area contributed by atoms with Crippen molar-refractivity contribution in [3.63, 3.8) is 0 Å². The average Bonchev–Trinajstić information content (AvgIpc) is 2.52. The first-order valence-electron chi connectivity index (χ1n) is 8.25. The molecule has 5 heteroatoms. The first kappa shape index (κ1) is 17.8. The van der Waals surface area contributed by atoms with Crippen molar-refractivity contribution >= 4 is 23.4 Å². The molecule has 0 bridgehead atoms. The fourth-order valence-corrected chi connectivity index (χ4v) is 3.00. The van der Waals surface area contributed by atoms with Crippen molar-refractivity contribution in [2.24, 2.45) is 5.92 Å². The van der Waals surface area contributed by atoms with Crippen molar-refractivity contribution in [2.75, 3.05) is 26.2 Å². The quantitative estimate of drug-likeness (QED) is 0.829. The normalized spacial score (nSPS) is 15.1. The van der Waals surface area contributed by atoms with E-state index in [1.54, 1.807) is 0 Å². The van der Waals surface area contributed by atoms with Gasteiger partial charge in [-0.1, -0.05) is 37.6 Å². The van der Waals surface area contributed by atoms with Gasteiger partial charge in [0.15, 0.2) is 0 Å². The topological polar surface area (TPSA) is 40.6 Å². The van der Waals surface area contributed by atoms with Gasteiger partial charge in [0.1, 0.15) is 0 Å². The second kappa shape index (κ2) is 8.34. The number of hydrogen-bond donors (Lipinski definition) is 0. The smallest absolute Gasteiger partial charge is 0.223 e. The van der Waals surface area contributed by atoms with Gasteiger partial charge in [0, 0.05) is 44.0 Å². The highest BCUT2D eigenvalue weighted by Gasteiger charge is 2.24. The van der Waals surface area contributed by atoms with Gasteiger partial charge in [-0.15, -0.1) is 0 Å². The third-order valence-electron chi connectivity index (χ3n) is 4.08. The van der Waals surface area contributed by atoms with Gasteiger partial charge in [-0.3, -0.25) is 9.59 Å². The molecular formula is C18H25ClN2O2. The summed E-state index contributed by atoms with van der Waals surface area (Å²) >= 11 is 5.96. The summed E-state index contributed by atoms with van der Waals surface area (Å²) in [6.07, 6.45) is 1.77. The summed E-state index contributed by atoms with van der Waals surface area (Å²) < 4.78 is 0. The summed E-state index contributed by atoms with van der Waals surface area (Å²) in [6, 6.07) is 7.63. The number of amides is 2. The number of hydrogen-bond acceptors (Lipinski definition) is 2. The zero-order valence-electron chi connectivity index (χ0n) is 13.9. The molecule has 0 radical (unpaired) electrons. The van der Waals surface area contributed by atoms with E-state index in [9.17, 15) is 9.59 Å². The van der Waals surface area contributed by atoms with Crippen LogP contribution in [0.3, 0.4) is 0 Å². The highest BCUT2D eigenvalue weighted by Crippen LogP contribution is 2.14. The minimum Gasteiger partial charge on any atom is -0.339 e. The number of aryl methyl sites for hydroxylation is 1. The van der Waals surface area contributed by atoms with Crippen molar-refractivity contribution in [3.8, 4) is 0 Å². The lowest BCUT2D eigenvalue weighted by atomic mass is 10.1. The van der Waals surface area contributed by atoms with Crippen LogP contribution in [0.5, 0.6) is 0 Å². The van der Waals surface area contributed by atoms with Gasteiger partial charge in [0.2, 0.25) is 11.8 Å². The zero-order chi connectivity index (χ0) is 16.8. The van der Waals surface area contributed by atoms with E-state index in [0.717, 1.165) is 5.56 Å². The van der Waals surface area contributed by atoms with Gasteiger partial charge >= 0.3 is 0 Å². The molecule has 0 unspecified atom stereocenters. The summed E-state index contributed by atoms with van der Waals surface area (Å²) in [6.45, 7) is 6.67. The van der Waals surface area contributed by atoms with E-state index < -0.39 is 0 Å². The van der Waals surface area contributed by atoms with Crippen molar-refractivity contribution < 1.29 is 9.59 Å². The molecule has 23 heavy (non-hydrogen) atoms. The first-order chi connectivity index (χ1) is 11.0. The Bertz CT molecular complexity index is 552. The van der Waals surface area contributed by atoms with Crippen LogP contribution < -0.4 is 0 Å². The Balaban J connectivity index is 1.76. The van der Waals surface area contributed by atoms with Crippen molar-refractivity contribution in [3.05, 3.63) is 34.9 Å². The fourth-order valence-electron chi connectivity index (χ4n) is 2.79. The van der Waals surface area contributed by atoms with E-state index >= 15 is 0 Å². The molecule has 2 amide bonds. The summed E-state index contributed by atoms with van der Waals surface area (Å²) in [4.78, 5) is 28.1. The lowest BCUT2D eigenvalue weighted by molar-refractivity contribution is -0.140. The molecular weight excluding hydrogens is 312 g/mol. The van der Waals surface area contributed by atoms with E-state index in [-0.39, 0.29) is 11.8 Å². The highest BCUT2D eigenvalue weighted by molar-refractivity contribution is 6.30. The molecule has 0 saturated carbocycles. The Hall–Kier alpha value is -1.55. The molecule has 0 spiro atoms. The molecule has 1 aromatic carbocycles. The van der Waals surface area contributed by atoms with Crippen LogP contribution in [0.4, 0.5) is 0 Å². The predicted molar refractivity (Wildman–Crippen MR) is 92.4 cm³/mol. The molecule has 0 atom stereocenters. The zero-order valence-corrected chi connectivity index (χ0v) is 14.7. The van der Waals surface area contributed by atoms with Crippen LogP contribution in [0, 0.1) is 5.92 Å². The maximum Gasteiger partial charge on any atom is 0.223 e. The van der Waals surface area contributed by atoms with Crippen LogP contribution in [0.25, 0.3) is 0 Å². The second-order valence-electron chi connectivity index (χ2n) is 6.49. The average molecular weight is 337 g/mol. The Morgan fingerprint density at radius 1 is 1.09 bits per heavy atom. The Labute approximate surface area is 143 Å². The van der Waals surface area contributed by atoms with Crippen molar-refractivity contribution in [2.45, 2.75) is 33.1 Å². The van der Waals surface area contributed by atoms with Crippen LogP contribution in [0.2, 0.25) is 5.02 Å². The molecule has 1 fully saturated rings. The number of rotatable bonds is 5. The Kier molecular flexibility index (Phi) is 6.46. The molecule has 0 aliphatic carbocycles. The number of nitrogens with zero attached hydrogens (tertiary/aromatic N) is 2. The lowest BCUT2D eigenvalue weighted by Crippen LogP contribution is -2.50. The van der Waals surface area contributed by atoms with Gasteiger partial charge in [-0.05, 0) is 30.0 Å². The number of benzene rings is 1. The highest BCUT2D eigenvalue weighted by atomic mass is 35.5. The minimum absolute atomic E-state index is 0.154. The van der Waals surface area contributed by atoms with E-state index in [0.29, 0.717) is 56.4 Å². The van der Waals surface area contributed by atoms with E-state index in [2.05, 4.69) is 0 Å². The molecule has 1 aliphatic rings. The fraction of sp³-hybridized carbons (Fsp3) is 0.556. The maximum atomic E-state index is 12.3. The van der Waals surface area contributed by atoms with Crippen LogP contribution in [0.1, 0.15) is 32.3 Å². The molecule has 126 valence electrons. The third kappa shape index (κ3) is 5.54. The van der Waals surface area contributed by atoms with Crippen molar-refractivity contribution in [1.29, 1.82) is 0 Å². The largest absolute Gasteiger partial charge is 0.339 e. The molecule has 1 aromatic rings. The summed E-state index contributed by atoms with van der Waals surface area (Å²) in [5.74, 6) is 0.729. The van der Waals surface area contributed by atoms with E-state index in [1.807, 2.05) is 47.9 Å². The SMILES string of the molecule is CC(C)CC(=O)N1CCN(C(=O)CCc2cccc(Cl)c2)CC1. The third-order valence-corrected chi connectivity index (χ3v) is 4.32. The van der Waals surface area contributed by atoms with Gasteiger partial charge in [-0.25, -0.2) is 0 Å². The maximum absolute atomic E-state index is 12.3. The monoisotopic (exact) mass is 336 g/mol. The summed E-state index contributed by atoms with van der Waals surface area (Å²) in [7, 11) is 0. The van der Waals surface area contributed by atoms with Gasteiger partial charge in [-0.2, -0.15) is 0 Å². The van der Waals surface area contributed by atoms with Crippen LogP contribution in [-0.4, -0.2) is 47.8 Å². The first-order valence-corrected chi connectivity index (χ1v) is 8.63. The van der Waals surface area contributed by atoms with E-state index in [1.165, 1.54) is 0 Å². The molecule has 4 nitrogen and oxygen atoms in total. The van der Waals surface area contributed by atoms with E-state index in [4.69, 9.17) is 11.6 Å². The predicted octanol–water partition coefficient (Wildman–Crippen LogP) is 2.99. The molecule has 1 aliphatic heterocycles. The van der Waals surface area contributed by atoms with Crippen LogP contribution in [0.15, 0.2) is 24.3 Å². The molecule has 0 aromatic heterocycles. The molecule has 2 rings (SSSR count). The second-order valence-corrected chi connectivity index (χ2v) is 6.93. The summed E-state index contributed by atoms with van der Waals surface area (Å²) in [5.41, 5.74) is 1.08.